The minimum absolute atomic E-state index is 0.413. The van der Waals surface area contributed by atoms with Crippen molar-refractivity contribution in [2.75, 3.05) is 0 Å². The van der Waals surface area contributed by atoms with Gasteiger partial charge < -0.3 is 10.3 Å². The molecule has 2 N–H and O–H groups in total. The second kappa shape index (κ2) is 5.58. The van der Waals surface area contributed by atoms with Crippen LogP contribution in [0, 0.1) is 0 Å². The van der Waals surface area contributed by atoms with E-state index in [1.165, 1.54) is 6.33 Å². The fourth-order valence-corrected chi connectivity index (χ4v) is 2.96. The molecule has 4 rings (SSSR count). The summed E-state index contributed by atoms with van der Waals surface area (Å²) >= 11 is 6.01. The van der Waals surface area contributed by atoms with Crippen molar-refractivity contribution < 1.29 is 4.79 Å². The predicted molar refractivity (Wildman–Crippen MR) is 91.9 cm³/mol. The number of nitrogens with two attached hydrogens (primary N) is 1. The van der Waals surface area contributed by atoms with Crippen molar-refractivity contribution in [1.82, 2.24) is 19.5 Å². The van der Waals surface area contributed by atoms with Crippen LogP contribution in [-0.2, 0) is 6.54 Å². The summed E-state index contributed by atoms with van der Waals surface area (Å²) in [6.07, 6.45) is 6.39. The van der Waals surface area contributed by atoms with Gasteiger partial charge in [0, 0.05) is 30.5 Å². The minimum atomic E-state index is -0.497. The van der Waals surface area contributed by atoms with Gasteiger partial charge in [0.05, 0.1) is 21.5 Å². The molecule has 1 amide bonds. The maximum atomic E-state index is 11.6. The Labute approximate surface area is 141 Å². The smallest absolute Gasteiger partial charge is 0.250 e. The molecule has 3 heterocycles. The lowest BCUT2D eigenvalue weighted by molar-refractivity contribution is 0.100. The van der Waals surface area contributed by atoms with E-state index >= 15 is 0 Å². The minimum Gasteiger partial charge on any atom is -0.366 e. The van der Waals surface area contributed by atoms with Gasteiger partial charge in [-0.3, -0.25) is 9.78 Å². The Hall–Kier alpha value is -2.99. The molecule has 1 aromatic carbocycles. The summed E-state index contributed by atoms with van der Waals surface area (Å²) in [5.41, 5.74) is 8.44. The molecule has 0 fully saturated rings. The Morgan fingerprint density at radius 2 is 2.08 bits per heavy atom. The van der Waals surface area contributed by atoms with Crippen LogP contribution in [0.2, 0.25) is 5.02 Å². The number of nitrogens with zero attached hydrogens (tertiary/aromatic N) is 4. The zero-order valence-electron chi connectivity index (χ0n) is 12.5. The van der Waals surface area contributed by atoms with E-state index in [0.717, 1.165) is 16.5 Å². The molecule has 0 aliphatic heterocycles. The van der Waals surface area contributed by atoms with Crippen LogP contribution in [-0.4, -0.2) is 25.4 Å². The first-order chi connectivity index (χ1) is 11.6. The fourth-order valence-electron chi connectivity index (χ4n) is 2.79. The Kier molecular flexibility index (Phi) is 3.39. The van der Waals surface area contributed by atoms with Gasteiger partial charge in [-0.2, -0.15) is 0 Å². The molecule has 0 bridgehead atoms. The average molecular weight is 338 g/mol. The summed E-state index contributed by atoms with van der Waals surface area (Å²) in [7, 11) is 0. The molecular formula is C17H12ClN5O. The maximum Gasteiger partial charge on any atom is 0.250 e. The fraction of sp³-hybridized carbons (Fsp3) is 0.0588. The lowest BCUT2D eigenvalue weighted by Gasteiger charge is -2.06. The van der Waals surface area contributed by atoms with Crippen LogP contribution >= 0.6 is 11.6 Å². The zero-order chi connectivity index (χ0) is 16.7. The van der Waals surface area contributed by atoms with Crippen LogP contribution in [0.4, 0.5) is 0 Å². The molecule has 0 unspecified atom stereocenters. The number of carbonyl (C=O) groups excluding carboxylic acids is 1. The molecule has 4 aromatic rings. The highest BCUT2D eigenvalue weighted by atomic mass is 35.5. The highest BCUT2D eigenvalue weighted by Gasteiger charge is 2.14. The molecule has 3 aromatic heterocycles. The van der Waals surface area contributed by atoms with Crippen LogP contribution < -0.4 is 5.73 Å². The molecule has 0 saturated carbocycles. The molecule has 24 heavy (non-hydrogen) atoms. The van der Waals surface area contributed by atoms with Gasteiger partial charge >= 0.3 is 0 Å². The van der Waals surface area contributed by atoms with E-state index in [1.807, 2.05) is 28.8 Å². The first-order valence-corrected chi connectivity index (χ1v) is 7.62. The number of hydrogen-bond donors (Lipinski definition) is 1. The van der Waals surface area contributed by atoms with Crippen molar-refractivity contribution in [2.24, 2.45) is 5.73 Å². The second-order valence-electron chi connectivity index (χ2n) is 5.48. The second-order valence-corrected chi connectivity index (χ2v) is 5.91. The third kappa shape index (κ3) is 2.47. The Bertz CT molecular complexity index is 1090. The quantitative estimate of drug-likeness (QED) is 0.622. The van der Waals surface area contributed by atoms with Crippen LogP contribution in [0.3, 0.4) is 0 Å². The zero-order valence-corrected chi connectivity index (χ0v) is 13.2. The van der Waals surface area contributed by atoms with Crippen LogP contribution in [0.15, 0.2) is 49.2 Å². The van der Waals surface area contributed by atoms with E-state index < -0.39 is 5.91 Å². The van der Waals surface area contributed by atoms with Crippen molar-refractivity contribution in [3.05, 3.63) is 65.3 Å². The average Bonchev–Trinajstić information content (AvgIpc) is 2.94. The van der Waals surface area contributed by atoms with Gasteiger partial charge in [-0.25, -0.2) is 9.97 Å². The van der Waals surface area contributed by atoms with Crippen molar-refractivity contribution in [1.29, 1.82) is 0 Å². The van der Waals surface area contributed by atoms with Gasteiger partial charge in [0.25, 0.3) is 5.91 Å². The summed E-state index contributed by atoms with van der Waals surface area (Å²) in [4.78, 5) is 24.1. The number of benzene rings is 1. The van der Waals surface area contributed by atoms with Gasteiger partial charge in [0.15, 0.2) is 0 Å². The number of hydrogen-bond acceptors (Lipinski definition) is 4. The number of primary amides is 1. The lowest BCUT2D eigenvalue weighted by atomic mass is 10.1. The van der Waals surface area contributed by atoms with Crippen molar-refractivity contribution in [3.8, 4) is 0 Å². The first kappa shape index (κ1) is 14.6. The van der Waals surface area contributed by atoms with Crippen LogP contribution in [0.5, 0.6) is 0 Å². The number of carbonyl (C=O) groups is 1. The van der Waals surface area contributed by atoms with Gasteiger partial charge in [-0.1, -0.05) is 17.7 Å². The van der Waals surface area contributed by atoms with Gasteiger partial charge in [-0.15, -0.1) is 0 Å². The van der Waals surface area contributed by atoms with Crippen molar-refractivity contribution in [2.45, 2.75) is 6.54 Å². The van der Waals surface area contributed by atoms with Gasteiger partial charge in [-0.05, 0) is 23.8 Å². The molecule has 118 valence electrons. The van der Waals surface area contributed by atoms with E-state index in [0.29, 0.717) is 28.2 Å². The largest absolute Gasteiger partial charge is 0.366 e. The predicted octanol–water partition coefficient (Wildman–Crippen LogP) is 2.78. The Balaban J connectivity index is 1.80. The molecule has 0 radical (unpaired) electrons. The number of rotatable bonds is 3. The lowest BCUT2D eigenvalue weighted by Crippen LogP contribution is -2.10. The van der Waals surface area contributed by atoms with Crippen LogP contribution in [0.1, 0.15) is 15.9 Å². The maximum absolute atomic E-state index is 11.6. The molecule has 7 heteroatoms. The summed E-state index contributed by atoms with van der Waals surface area (Å²) in [6.45, 7) is 0.545. The third-order valence-corrected chi connectivity index (χ3v) is 4.08. The van der Waals surface area contributed by atoms with E-state index in [2.05, 4.69) is 15.0 Å². The monoisotopic (exact) mass is 337 g/mol. The number of pyridine rings is 1. The summed E-state index contributed by atoms with van der Waals surface area (Å²) in [5.74, 6) is -0.497. The van der Waals surface area contributed by atoms with E-state index in [1.54, 1.807) is 18.6 Å². The summed E-state index contributed by atoms with van der Waals surface area (Å²) in [6, 6.07) is 7.82. The normalized spacial score (nSPS) is 11.2. The third-order valence-electron chi connectivity index (χ3n) is 3.87. The van der Waals surface area contributed by atoms with Gasteiger partial charge in [0.1, 0.15) is 12.0 Å². The molecule has 0 spiro atoms. The molecule has 0 aliphatic rings. The van der Waals surface area contributed by atoms with Crippen molar-refractivity contribution >= 4 is 39.4 Å². The topological polar surface area (TPSA) is 86.7 Å². The molecular weight excluding hydrogens is 326 g/mol. The highest BCUT2D eigenvalue weighted by Crippen LogP contribution is 2.22. The molecule has 0 saturated heterocycles. The standard InChI is InChI=1S/C17H12ClN5O/c18-12-4-11-3-10(1-2-15(11)21-5-12)7-23-8-14(16(19)24)13-6-20-9-22-17(13)23/h1-6,8-9H,7H2,(H2,19,24). The number of fused-ring (bicyclic) bond motifs is 2. The highest BCUT2D eigenvalue weighted by molar-refractivity contribution is 6.31. The van der Waals surface area contributed by atoms with E-state index in [4.69, 9.17) is 17.3 Å². The SMILES string of the molecule is NC(=O)c1cn(Cc2ccc3ncc(Cl)cc3c2)c2ncncc12. The Morgan fingerprint density at radius 1 is 1.21 bits per heavy atom. The van der Waals surface area contributed by atoms with Crippen LogP contribution in [0.25, 0.3) is 21.9 Å². The molecule has 6 nitrogen and oxygen atoms in total. The molecule has 0 atom stereocenters. The first-order valence-electron chi connectivity index (χ1n) is 7.24. The summed E-state index contributed by atoms with van der Waals surface area (Å²) in [5, 5.41) is 2.20. The Morgan fingerprint density at radius 3 is 2.92 bits per heavy atom. The summed E-state index contributed by atoms with van der Waals surface area (Å²) < 4.78 is 1.89. The molecule has 0 aliphatic carbocycles. The number of halogens is 1. The van der Waals surface area contributed by atoms with Crippen molar-refractivity contribution in [3.63, 3.8) is 0 Å². The van der Waals surface area contributed by atoms with Gasteiger partial charge in [0.2, 0.25) is 0 Å². The number of aromatic nitrogens is 4. The van der Waals surface area contributed by atoms with E-state index in [-0.39, 0.29) is 0 Å². The van der Waals surface area contributed by atoms with E-state index in [9.17, 15) is 4.79 Å². The number of amides is 1.